The first-order valence-corrected chi connectivity index (χ1v) is 8.16. The number of aromatic nitrogens is 3. The van der Waals surface area contributed by atoms with Crippen LogP contribution in [0.4, 0.5) is 17.2 Å². The average molecular weight is 349 g/mol. The van der Waals surface area contributed by atoms with Gasteiger partial charge >= 0.3 is 5.69 Å². The number of hydrogen-bond donors (Lipinski definition) is 1. The highest BCUT2D eigenvalue weighted by molar-refractivity contribution is 5.70. The van der Waals surface area contributed by atoms with Crippen molar-refractivity contribution in [1.29, 1.82) is 0 Å². The van der Waals surface area contributed by atoms with Crippen LogP contribution in [-0.2, 0) is 11.2 Å². The van der Waals surface area contributed by atoms with Gasteiger partial charge < -0.3 is 10.1 Å². The summed E-state index contributed by atoms with van der Waals surface area (Å²) in [5, 5.41) is 18.5. The van der Waals surface area contributed by atoms with Crippen LogP contribution >= 0.6 is 0 Å². The number of carbonyl (C=O) groups excluding carboxylic acids is 1. The van der Waals surface area contributed by atoms with Crippen molar-refractivity contribution in [3.63, 3.8) is 0 Å². The fraction of sp³-hybridized carbons (Fsp3) is 0.167. The molecule has 0 spiro atoms. The van der Waals surface area contributed by atoms with Gasteiger partial charge in [-0.05, 0) is 48.2 Å². The third-order valence-corrected chi connectivity index (χ3v) is 4.49. The van der Waals surface area contributed by atoms with Gasteiger partial charge in [0.15, 0.2) is 5.82 Å². The Hall–Kier alpha value is -3.55. The summed E-state index contributed by atoms with van der Waals surface area (Å²) >= 11 is 0. The molecule has 0 saturated heterocycles. The van der Waals surface area contributed by atoms with E-state index >= 15 is 0 Å². The fourth-order valence-corrected chi connectivity index (χ4v) is 3.22. The van der Waals surface area contributed by atoms with Gasteiger partial charge in [-0.25, -0.2) is 9.67 Å². The van der Waals surface area contributed by atoms with Crippen LogP contribution in [0.15, 0.2) is 48.8 Å². The molecule has 0 saturated carbocycles. The highest BCUT2D eigenvalue weighted by Crippen LogP contribution is 2.34. The summed E-state index contributed by atoms with van der Waals surface area (Å²) in [6.07, 6.45) is 5.92. The van der Waals surface area contributed by atoms with E-state index in [1.165, 1.54) is 10.7 Å². The van der Waals surface area contributed by atoms with Gasteiger partial charge in [0, 0.05) is 30.1 Å². The molecule has 1 unspecified atom stereocenters. The van der Waals surface area contributed by atoms with Crippen LogP contribution in [0, 0.1) is 10.1 Å². The summed E-state index contributed by atoms with van der Waals surface area (Å²) in [5.74, 6) is 0.563. The first-order chi connectivity index (χ1) is 12.7. The number of nitrogens with one attached hydrogen (secondary N) is 1. The Kier molecular flexibility index (Phi) is 3.92. The van der Waals surface area contributed by atoms with Crippen LogP contribution in [-0.4, -0.2) is 26.0 Å². The van der Waals surface area contributed by atoms with Crippen molar-refractivity contribution in [1.82, 2.24) is 14.8 Å². The highest BCUT2D eigenvalue weighted by Gasteiger charge is 2.23. The molecule has 1 aromatic carbocycles. The second kappa shape index (κ2) is 6.40. The molecule has 4 rings (SSSR count). The molecule has 1 aliphatic rings. The van der Waals surface area contributed by atoms with Gasteiger partial charge in [-0.1, -0.05) is 6.07 Å². The zero-order chi connectivity index (χ0) is 18.1. The second-order valence-electron chi connectivity index (χ2n) is 6.06. The molecular formula is C18H15N5O3. The molecule has 2 aromatic heterocycles. The van der Waals surface area contributed by atoms with E-state index in [1.54, 1.807) is 24.5 Å². The number of pyridine rings is 1. The van der Waals surface area contributed by atoms with E-state index in [0.29, 0.717) is 11.5 Å². The molecule has 0 amide bonds. The zero-order valence-electron chi connectivity index (χ0n) is 13.7. The maximum Gasteiger partial charge on any atom is 0.311 e. The van der Waals surface area contributed by atoms with Crippen LogP contribution in [0.2, 0.25) is 0 Å². The third-order valence-electron chi connectivity index (χ3n) is 4.49. The fourth-order valence-electron chi connectivity index (χ4n) is 3.22. The maximum absolute atomic E-state index is 11.3. The molecule has 0 aliphatic heterocycles. The number of nitro groups is 1. The van der Waals surface area contributed by atoms with Gasteiger partial charge in [0.1, 0.15) is 6.29 Å². The SMILES string of the molecule is O=CC1CCc2cc(Nc3nc(-n4cccn4)ccc3[N+](=O)[O-])ccc21. The van der Waals surface area contributed by atoms with E-state index < -0.39 is 4.92 Å². The maximum atomic E-state index is 11.3. The van der Waals surface area contributed by atoms with E-state index in [1.807, 2.05) is 18.2 Å². The molecule has 0 fully saturated rings. The van der Waals surface area contributed by atoms with Gasteiger partial charge in [-0.2, -0.15) is 5.10 Å². The Morgan fingerprint density at radius 1 is 1.31 bits per heavy atom. The highest BCUT2D eigenvalue weighted by atomic mass is 16.6. The molecule has 0 bridgehead atoms. The molecule has 8 nitrogen and oxygen atoms in total. The lowest BCUT2D eigenvalue weighted by Crippen LogP contribution is -2.05. The minimum absolute atomic E-state index is 0.0605. The molecule has 130 valence electrons. The topological polar surface area (TPSA) is 103 Å². The Labute approximate surface area is 148 Å². The van der Waals surface area contributed by atoms with Crippen molar-refractivity contribution < 1.29 is 9.72 Å². The van der Waals surface area contributed by atoms with Gasteiger partial charge in [0.05, 0.1) is 4.92 Å². The first-order valence-electron chi connectivity index (χ1n) is 8.16. The minimum Gasteiger partial charge on any atom is -0.334 e. The molecule has 1 N–H and O–H groups in total. The lowest BCUT2D eigenvalue weighted by atomic mass is 10.0. The smallest absolute Gasteiger partial charge is 0.311 e. The van der Waals surface area contributed by atoms with Crippen LogP contribution < -0.4 is 5.32 Å². The molecule has 1 atom stereocenters. The molecule has 1 aliphatic carbocycles. The Morgan fingerprint density at radius 2 is 2.19 bits per heavy atom. The summed E-state index contributed by atoms with van der Waals surface area (Å²) in [5.41, 5.74) is 2.69. The van der Waals surface area contributed by atoms with E-state index in [-0.39, 0.29) is 17.4 Å². The largest absolute Gasteiger partial charge is 0.334 e. The van der Waals surface area contributed by atoms with Crippen molar-refractivity contribution in [2.75, 3.05) is 5.32 Å². The van der Waals surface area contributed by atoms with Crippen LogP contribution in [0.5, 0.6) is 0 Å². The van der Waals surface area contributed by atoms with E-state index in [9.17, 15) is 14.9 Å². The van der Waals surface area contributed by atoms with Crippen LogP contribution in [0.1, 0.15) is 23.5 Å². The first kappa shape index (κ1) is 15.9. The van der Waals surface area contributed by atoms with E-state index in [2.05, 4.69) is 15.4 Å². The number of rotatable bonds is 5. The number of nitrogens with zero attached hydrogens (tertiary/aromatic N) is 4. The number of benzene rings is 1. The standard InChI is InChI=1S/C18H15N5O3/c24-11-13-3-2-12-10-14(4-5-15(12)13)20-18-16(23(25)26)6-7-17(21-18)22-9-1-8-19-22/h1,4-11,13H,2-3H2,(H,20,21). The summed E-state index contributed by atoms with van der Waals surface area (Å²) in [4.78, 5) is 26.3. The average Bonchev–Trinajstić information content (AvgIpc) is 3.31. The zero-order valence-corrected chi connectivity index (χ0v) is 13.7. The predicted octanol–water partition coefficient (Wildman–Crippen LogP) is 3.15. The second-order valence-corrected chi connectivity index (χ2v) is 6.06. The number of fused-ring (bicyclic) bond motifs is 1. The number of anilines is 2. The minimum atomic E-state index is -0.474. The third kappa shape index (κ3) is 2.81. The molecule has 2 heterocycles. The Bertz CT molecular complexity index is 984. The number of hydrogen-bond acceptors (Lipinski definition) is 6. The Balaban J connectivity index is 1.70. The number of carbonyl (C=O) groups is 1. The van der Waals surface area contributed by atoms with E-state index in [4.69, 9.17) is 0 Å². The van der Waals surface area contributed by atoms with E-state index in [0.717, 1.165) is 30.3 Å². The van der Waals surface area contributed by atoms with Crippen LogP contribution in [0.3, 0.4) is 0 Å². The lowest BCUT2D eigenvalue weighted by molar-refractivity contribution is -0.384. The number of aldehydes is 1. The summed E-state index contributed by atoms with van der Waals surface area (Å²) in [6, 6.07) is 10.3. The van der Waals surface area contributed by atoms with Crippen molar-refractivity contribution in [3.05, 3.63) is 70.0 Å². The van der Waals surface area contributed by atoms with Crippen LogP contribution in [0.25, 0.3) is 5.82 Å². The lowest BCUT2D eigenvalue weighted by Gasteiger charge is -2.10. The summed E-state index contributed by atoms with van der Waals surface area (Å²) < 4.78 is 1.53. The molecule has 0 radical (unpaired) electrons. The molecular weight excluding hydrogens is 334 g/mol. The normalized spacial score (nSPS) is 15.5. The van der Waals surface area contributed by atoms with Crippen molar-refractivity contribution in [3.8, 4) is 5.82 Å². The molecule has 8 heteroatoms. The van der Waals surface area contributed by atoms with Gasteiger partial charge in [0.25, 0.3) is 0 Å². The Morgan fingerprint density at radius 3 is 2.92 bits per heavy atom. The predicted molar refractivity (Wildman–Crippen MR) is 94.9 cm³/mol. The monoisotopic (exact) mass is 349 g/mol. The van der Waals surface area contributed by atoms with Gasteiger partial charge in [-0.3, -0.25) is 10.1 Å². The summed E-state index contributed by atoms with van der Waals surface area (Å²) in [7, 11) is 0. The molecule has 3 aromatic rings. The van der Waals surface area contributed by atoms with Crippen molar-refractivity contribution in [2.24, 2.45) is 0 Å². The summed E-state index contributed by atoms with van der Waals surface area (Å²) in [6.45, 7) is 0. The quantitative estimate of drug-likeness (QED) is 0.431. The molecule has 26 heavy (non-hydrogen) atoms. The van der Waals surface area contributed by atoms with Crippen molar-refractivity contribution in [2.45, 2.75) is 18.8 Å². The van der Waals surface area contributed by atoms with Crippen molar-refractivity contribution >= 4 is 23.5 Å². The van der Waals surface area contributed by atoms with Gasteiger partial charge in [0.2, 0.25) is 5.82 Å². The number of aryl methyl sites for hydroxylation is 1. The van der Waals surface area contributed by atoms with Gasteiger partial charge in [-0.15, -0.1) is 0 Å².